The Labute approximate surface area is 135 Å². The van der Waals surface area contributed by atoms with E-state index < -0.39 is 9.84 Å². The molecule has 7 heteroatoms. The topological polar surface area (TPSA) is 72.3 Å². The summed E-state index contributed by atoms with van der Waals surface area (Å²) in [5.74, 6) is 0.0583. The van der Waals surface area contributed by atoms with Gasteiger partial charge in [-0.1, -0.05) is 0 Å². The van der Waals surface area contributed by atoms with Crippen LogP contribution >= 0.6 is 0 Å². The fourth-order valence-electron chi connectivity index (χ4n) is 2.84. The molecule has 1 aromatic heterocycles. The minimum absolute atomic E-state index is 0.0554. The number of hydrogen-bond donors (Lipinski definition) is 0. The van der Waals surface area contributed by atoms with Crippen molar-refractivity contribution in [2.24, 2.45) is 0 Å². The van der Waals surface area contributed by atoms with Crippen LogP contribution in [0.3, 0.4) is 0 Å². The minimum atomic E-state index is -3.00. The maximum atomic E-state index is 12.5. The van der Waals surface area contributed by atoms with Crippen molar-refractivity contribution in [3.63, 3.8) is 0 Å². The molecule has 0 bridgehead atoms. The minimum Gasteiger partial charge on any atom is -0.338 e. The Balaban J connectivity index is 1.77. The van der Waals surface area contributed by atoms with Gasteiger partial charge in [0.2, 0.25) is 0 Å². The molecule has 122 valence electrons. The number of aromatic nitrogens is 2. The van der Waals surface area contributed by atoms with Crippen LogP contribution in [-0.4, -0.2) is 53.6 Å². The average molecular weight is 333 g/mol. The van der Waals surface area contributed by atoms with Crippen LogP contribution in [0.15, 0.2) is 36.5 Å². The molecule has 0 saturated carbocycles. The fourth-order valence-corrected chi connectivity index (χ4v) is 4.61. The Bertz CT molecular complexity index is 825. The van der Waals surface area contributed by atoms with Gasteiger partial charge in [-0.3, -0.25) is 4.79 Å². The molecular formula is C16H19N3O3S. The third-order valence-corrected chi connectivity index (χ3v) is 6.02. The number of nitrogens with zero attached hydrogens (tertiary/aromatic N) is 3. The van der Waals surface area contributed by atoms with E-state index in [0.717, 1.165) is 11.4 Å². The van der Waals surface area contributed by atoms with Crippen molar-refractivity contribution in [3.05, 3.63) is 47.8 Å². The molecule has 1 atom stereocenters. The van der Waals surface area contributed by atoms with Crippen molar-refractivity contribution >= 4 is 15.7 Å². The van der Waals surface area contributed by atoms with Gasteiger partial charge < -0.3 is 4.90 Å². The SMILES string of the molecule is Cc1ccnn1-c1ccc(C(=O)N(C)C2CCS(=O)(=O)C2)cc1. The lowest BCUT2D eigenvalue weighted by Gasteiger charge is -2.23. The Morgan fingerprint density at radius 1 is 1.26 bits per heavy atom. The second kappa shape index (κ2) is 5.81. The Hall–Kier alpha value is -2.15. The van der Waals surface area contributed by atoms with E-state index in [4.69, 9.17) is 0 Å². The van der Waals surface area contributed by atoms with Gasteiger partial charge in [0.05, 0.1) is 17.2 Å². The van der Waals surface area contributed by atoms with Crippen molar-refractivity contribution in [2.45, 2.75) is 19.4 Å². The molecule has 1 amide bonds. The molecule has 23 heavy (non-hydrogen) atoms. The molecule has 0 aliphatic carbocycles. The number of carbonyl (C=O) groups is 1. The van der Waals surface area contributed by atoms with E-state index >= 15 is 0 Å². The van der Waals surface area contributed by atoms with Crippen LogP contribution in [0.5, 0.6) is 0 Å². The van der Waals surface area contributed by atoms with Gasteiger partial charge >= 0.3 is 0 Å². The smallest absolute Gasteiger partial charge is 0.253 e. The Kier molecular flexibility index (Phi) is 3.97. The lowest BCUT2D eigenvalue weighted by molar-refractivity contribution is 0.0747. The summed E-state index contributed by atoms with van der Waals surface area (Å²) in [4.78, 5) is 14.1. The molecule has 0 radical (unpaired) electrons. The second-order valence-corrected chi connectivity index (χ2v) is 8.13. The van der Waals surface area contributed by atoms with Crippen LogP contribution in [-0.2, 0) is 9.84 Å². The number of hydrogen-bond acceptors (Lipinski definition) is 4. The maximum Gasteiger partial charge on any atom is 0.253 e. The van der Waals surface area contributed by atoms with Crippen LogP contribution < -0.4 is 0 Å². The van der Waals surface area contributed by atoms with Crippen LogP contribution in [0.4, 0.5) is 0 Å². The number of aryl methyl sites for hydroxylation is 1. The van der Waals surface area contributed by atoms with E-state index in [0.29, 0.717) is 12.0 Å². The van der Waals surface area contributed by atoms with E-state index in [1.165, 1.54) is 0 Å². The van der Waals surface area contributed by atoms with Crippen molar-refractivity contribution < 1.29 is 13.2 Å². The zero-order valence-corrected chi connectivity index (χ0v) is 14.0. The molecule has 2 aromatic rings. The first-order valence-corrected chi connectivity index (χ1v) is 9.28. The van der Waals surface area contributed by atoms with Gasteiger partial charge in [0.15, 0.2) is 9.84 Å². The highest BCUT2D eigenvalue weighted by Crippen LogP contribution is 2.19. The normalized spacial score (nSPS) is 19.7. The standard InChI is InChI=1S/C16H19N3O3S/c1-12-7-9-17-19(12)14-5-3-13(4-6-14)16(20)18(2)15-8-10-23(21,22)11-15/h3-7,9,15H,8,10-11H2,1-2H3. The zero-order valence-electron chi connectivity index (χ0n) is 13.1. The van der Waals surface area contributed by atoms with Gasteiger partial charge in [-0.15, -0.1) is 0 Å². The molecule has 1 aromatic carbocycles. The van der Waals surface area contributed by atoms with Gasteiger partial charge in [0.1, 0.15) is 0 Å². The molecule has 1 aliphatic rings. The van der Waals surface area contributed by atoms with Crippen LogP contribution in [0, 0.1) is 6.92 Å². The van der Waals surface area contributed by atoms with Crippen LogP contribution in [0.1, 0.15) is 22.5 Å². The largest absolute Gasteiger partial charge is 0.338 e. The summed E-state index contributed by atoms with van der Waals surface area (Å²) >= 11 is 0. The maximum absolute atomic E-state index is 12.5. The molecule has 0 spiro atoms. The first-order valence-electron chi connectivity index (χ1n) is 7.46. The van der Waals surface area contributed by atoms with Crippen molar-refractivity contribution in [3.8, 4) is 5.69 Å². The molecule has 1 saturated heterocycles. The first kappa shape index (κ1) is 15.7. The summed E-state index contributed by atoms with van der Waals surface area (Å²) < 4.78 is 24.9. The average Bonchev–Trinajstić information content (AvgIpc) is 3.11. The molecular weight excluding hydrogens is 314 g/mol. The second-order valence-electron chi connectivity index (χ2n) is 5.90. The highest BCUT2D eigenvalue weighted by atomic mass is 32.2. The highest BCUT2D eigenvalue weighted by Gasteiger charge is 2.32. The molecule has 3 rings (SSSR count). The quantitative estimate of drug-likeness (QED) is 0.852. The van der Waals surface area contributed by atoms with Crippen LogP contribution in [0.25, 0.3) is 5.69 Å². The van der Waals surface area contributed by atoms with E-state index in [1.54, 1.807) is 35.0 Å². The summed E-state index contributed by atoms with van der Waals surface area (Å²) in [6.45, 7) is 1.96. The molecule has 1 aliphatic heterocycles. The van der Waals surface area contributed by atoms with Gasteiger partial charge in [0, 0.05) is 30.5 Å². The summed E-state index contributed by atoms with van der Waals surface area (Å²) in [6, 6.07) is 8.85. The number of rotatable bonds is 3. The predicted octanol–water partition coefficient (Wildman–Crippen LogP) is 1.44. The molecule has 2 heterocycles. The molecule has 1 fully saturated rings. The summed E-state index contributed by atoms with van der Waals surface area (Å²) in [5, 5.41) is 4.23. The van der Waals surface area contributed by atoms with Crippen molar-refractivity contribution in [2.75, 3.05) is 18.6 Å². The molecule has 1 unspecified atom stereocenters. The van der Waals surface area contributed by atoms with E-state index in [-0.39, 0.29) is 23.5 Å². The summed E-state index contributed by atoms with van der Waals surface area (Å²) in [5.41, 5.74) is 2.44. The van der Waals surface area contributed by atoms with Gasteiger partial charge in [-0.05, 0) is 43.7 Å². The van der Waals surface area contributed by atoms with Gasteiger partial charge in [-0.2, -0.15) is 5.10 Å². The third-order valence-electron chi connectivity index (χ3n) is 4.27. The molecule has 6 nitrogen and oxygen atoms in total. The van der Waals surface area contributed by atoms with Crippen molar-refractivity contribution in [1.29, 1.82) is 0 Å². The monoisotopic (exact) mass is 333 g/mol. The highest BCUT2D eigenvalue weighted by molar-refractivity contribution is 7.91. The third kappa shape index (κ3) is 3.14. The first-order chi connectivity index (χ1) is 10.9. The Morgan fingerprint density at radius 2 is 1.96 bits per heavy atom. The van der Waals surface area contributed by atoms with E-state index in [9.17, 15) is 13.2 Å². The van der Waals surface area contributed by atoms with Crippen molar-refractivity contribution in [1.82, 2.24) is 14.7 Å². The van der Waals surface area contributed by atoms with Gasteiger partial charge in [-0.25, -0.2) is 13.1 Å². The lowest BCUT2D eigenvalue weighted by atomic mass is 10.1. The lowest BCUT2D eigenvalue weighted by Crippen LogP contribution is -2.37. The zero-order chi connectivity index (χ0) is 16.6. The van der Waals surface area contributed by atoms with Crippen LogP contribution in [0.2, 0.25) is 0 Å². The summed E-state index contributed by atoms with van der Waals surface area (Å²) in [6.07, 6.45) is 2.23. The molecule has 0 N–H and O–H groups in total. The van der Waals surface area contributed by atoms with E-state index in [2.05, 4.69) is 5.10 Å². The number of amides is 1. The number of carbonyl (C=O) groups excluding carboxylic acids is 1. The fraction of sp³-hybridized carbons (Fsp3) is 0.375. The predicted molar refractivity (Wildman–Crippen MR) is 87.5 cm³/mol. The number of benzene rings is 1. The van der Waals surface area contributed by atoms with E-state index in [1.807, 2.05) is 25.1 Å². The number of sulfone groups is 1. The Morgan fingerprint density at radius 3 is 2.48 bits per heavy atom. The van der Waals surface area contributed by atoms with Gasteiger partial charge in [0.25, 0.3) is 5.91 Å². The summed E-state index contributed by atoms with van der Waals surface area (Å²) in [7, 11) is -1.34.